The van der Waals surface area contributed by atoms with E-state index in [1.807, 2.05) is 54.7 Å². The van der Waals surface area contributed by atoms with E-state index in [9.17, 15) is 10.1 Å². The van der Waals surface area contributed by atoms with Gasteiger partial charge in [-0.3, -0.25) is 0 Å². The summed E-state index contributed by atoms with van der Waals surface area (Å²) in [6.45, 7) is 2.68. The number of hydrogen-bond acceptors (Lipinski definition) is 3. The maximum Gasteiger partial charge on any atom is 0.348 e. The maximum absolute atomic E-state index is 11.9. The Morgan fingerprint density at radius 3 is 2.60 bits per heavy atom. The molecule has 0 saturated heterocycles. The Morgan fingerprint density at radius 1 is 1.16 bits per heavy atom. The molecule has 124 valence electrons. The van der Waals surface area contributed by atoms with Crippen molar-refractivity contribution in [2.24, 2.45) is 0 Å². The van der Waals surface area contributed by atoms with Gasteiger partial charge in [-0.15, -0.1) is 0 Å². The highest BCUT2D eigenvalue weighted by atomic mass is 16.5. The molecule has 4 heteroatoms. The molecule has 0 spiro atoms. The molecule has 0 N–H and O–H groups in total. The molecular weight excluding hydrogens is 312 g/mol. The van der Waals surface area contributed by atoms with E-state index in [0.717, 1.165) is 23.0 Å². The fraction of sp³-hybridized carbons (Fsp3) is 0.143. The Hall–Kier alpha value is -3.32. The summed E-state index contributed by atoms with van der Waals surface area (Å²) >= 11 is 0. The smallest absolute Gasteiger partial charge is 0.348 e. The van der Waals surface area contributed by atoms with Gasteiger partial charge in [0, 0.05) is 29.2 Å². The standard InChI is InChI=1S/C21H18N2O2/c1-2-25-21(24)17(13-22)12-18-15-23(14-16-8-4-3-5-9-16)20-11-7-6-10-19(18)20/h3-12,15H,2,14H2,1H3. The number of ether oxygens (including phenoxy) is 1. The minimum atomic E-state index is -0.593. The van der Waals surface area contributed by atoms with Crippen molar-refractivity contribution >= 4 is 22.9 Å². The minimum absolute atomic E-state index is 0.00413. The largest absolute Gasteiger partial charge is 0.462 e. The normalized spacial score (nSPS) is 11.3. The summed E-state index contributed by atoms with van der Waals surface area (Å²) in [5.41, 5.74) is 3.07. The van der Waals surface area contributed by atoms with E-state index in [0.29, 0.717) is 0 Å². The van der Waals surface area contributed by atoms with Crippen LogP contribution < -0.4 is 0 Å². The van der Waals surface area contributed by atoms with E-state index in [1.54, 1.807) is 13.0 Å². The van der Waals surface area contributed by atoms with Crippen molar-refractivity contribution in [3.05, 3.63) is 77.5 Å². The molecule has 1 aromatic heterocycles. The van der Waals surface area contributed by atoms with Crippen LogP contribution in [0.1, 0.15) is 18.1 Å². The van der Waals surface area contributed by atoms with E-state index in [4.69, 9.17) is 4.74 Å². The van der Waals surface area contributed by atoms with Gasteiger partial charge in [0.25, 0.3) is 0 Å². The van der Waals surface area contributed by atoms with Gasteiger partial charge in [-0.25, -0.2) is 4.79 Å². The highest BCUT2D eigenvalue weighted by Crippen LogP contribution is 2.24. The molecule has 3 aromatic rings. The Labute approximate surface area is 146 Å². The molecule has 0 aliphatic heterocycles. The van der Waals surface area contributed by atoms with Crippen LogP contribution in [0, 0.1) is 11.3 Å². The number of aromatic nitrogens is 1. The van der Waals surface area contributed by atoms with Crippen molar-refractivity contribution in [2.45, 2.75) is 13.5 Å². The van der Waals surface area contributed by atoms with Gasteiger partial charge < -0.3 is 9.30 Å². The Balaban J connectivity index is 2.05. The van der Waals surface area contributed by atoms with Crippen molar-refractivity contribution in [3.63, 3.8) is 0 Å². The minimum Gasteiger partial charge on any atom is -0.462 e. The van der Waals surface area contributed by atoms with E-state index < -0.39 is 5.97 Å². The second-order valence-electron chi connectivity index (χ2n) is 5.61. The topological polar surface area (TPSA) is 55.0 Å². The first-order chi connectivity index (χ1) is 12.2. The van der Waals surface area contributed by atoms with Gasteiger partial charge >= 0.3 is 5.97 Å². The van der Waals surface area contributed by atoms with Crippen LogP contribution in [0.5, 0.6) is 0 Å². The zero-order valence-corrected chi connectivity index (χ0v) is 14.0. The number of carbonyl (C=O) groups is 1. The third-order valence-electron chi connectivity index (χ3n) is 3.93. The first-order valence-electron chi connectivity index (χ1n) is 8.13. The van der Waals surface area contributed by atoms with Crippen LogP contribution in [-0.4, -0.2) is 17.1 Å². The number of carbonyl (C=O) groups excluding carboxylic acids is 1. The molecule has 0 bridgehead atoms. The summed E-state index contributed by atoms with van der Waals surface area (Å²) in [6.07, 6.45) is 3.57. The summed E-state index contributed by atoms with van der Waals surface area (Å²) in [5.74, 6) is -0.593. The fourth-order valence-electron chi connectivity index (χ4n) is 2.80. The predicted octanol–water partition coefficient (Wildman–Crippen LogP) is 4.16. The van der Waals surface area contributed by atoms with Gasteiger partial charge in [0.05, 0.1) is 6.61 Å². The number of nitrogens with zero attached hydrogens (tertiary/aromatic N) is 2. The molecule has 0 saturated carbocycles. The third kappa shape index (κ3) is 3.61. The van der Waals surface area contributed by atoms with Gasteiger partial charge in [-0.1, -0.05) is 48.5 Å². The molecule has 2 aromatic carbocycles. The lowest BCUT2D eigenvalue weighted by Gasteiger charge is -2.05. The SMILES string of the molecule is CCOC(=O)C(C#N)=Cc1cn(Cc2ccccc2)c2ccccc12. The van der Waals surface area contributed by atoms with Crippen molar-refractivity contribution in [3.8, 4) is 6.07 Å². The molecule has 0 unspecified atom stereocenters. The molecule has 0 radical (unpaired) electrons. The van der Waals surface area contributed by atoms with Crippen LogP contribution in [0.25, 0.3) is 17.0 Å². The Kier molecular flexibility index (Phi) is 4.96. The van der Waals surface area contributed by atoms with Gasteiger partial charge in [0.15, 0.2) is 0 Å². The highest BCUT2D eigenvalue weighted by Gasteiger charge is 2.13. The summed E-state index contributed by atoms with van der Waals surface area (Å²) in [4.78, 5) is 11.9. The van der Waals surface area contributed by atoms with Gasteiger partial charge in [-0.05, 0) is 24.6 Å². The van der Waals surface area contributed by atoms with Gasteiger partial charge in [0.1, 0.15) is 11.6 Å². The average Bonchev–Trinajstić information content (AvgIpc) is 2.98. The summed E-state index contributed by atoms with van der Waals surface area (Å²) < 4.78 is 7.07. The molecule has 0 aliphatic carbocycles. The number of fused-ring (bicyclic) bond motifs is 1. The molecule has 0 atom stereocenters. The summed E-state index contributed by atoms with van der Waals surface area (Å²) in [7, 11) is 0. The van der Waals surface area contributed by atoms with E-state index in [1.165, 1.54) is 5.56 Å². The van der Waals surface area contributed by atoms with Crippen molar-refractivity contribution < 1.29 is 9.53 Å². The maximum atomic E-state index is 11.9. The van der Waals surface area contributed by atoms with Gasteiger partial charge in [-0.2, -0.15) is 5.26 Å². The number of para-hydroxylation sites is 1. The van der Waals surface area contributed by atoms with Crippen molar-refractivity contribution in [1.29, 1.82) is 5.26 Å². The van der Waals surface area contributed by atoms with Gasteiger partial charge in [0.2, 0.25) is 0 Å². The lowest BCUT2D eigenvalue weighted by Crippen LogP contribution is -2.05. The average molecular weight is 330 g/mol. The molecule has 0 aliphatic rings. The zero-order valence-electron chi connectivity index (χ0n) is 14.0. The fourth-order valence-corrected chi connectivity index (χ4v) is 2.80. The van der Waals surface area contributed by atoms with Crippen LogP contribution in [0.3, 0.4) is 0 Å². The number of esters is 1. The molecular formula is C21H18N2O2. The van der Waals surface area contributed by atoms with Crippen LogP contribution in [-0.2, 0) is 16.1 Å². The molecule has 4 nitrogen and oxygen atoms in total. The van der Waals surface area contributed by atoms with Crippen molar-refractivity contribution in [2.75, 3.05) is 6.61 Å². The predicted molar refractivity (Wildman–Crippen MR) is 97.7 cm³/mol. The number of hydrogen-bond donors (Lipinski definition) is 0. The van der Waals surface area contributed by atoms with Crippen LogP contribution >= 0.6 is 0 Å². The molecule has 3 rings (SSSR count). The molecule has 0 fully saturated rings. The second-order valence-corrected chi connectivity index (χ2v) is 5.61. The van der Waals surface area contributed by atoms with Crippen LogP contribution in [0.4, 0.5) is 0 Å². The summed E-state index contributed by atoms with van der Waals surface area (Å²) in [5, 5.41) is 10.3. The summed E-state index contributed by atoms with van der Waals surface area (Å²) in [6, 6.07) is 20.0. The second kappa shape index (κ2) is 7.50. The van der Waals surface area contributed by atoms with E-state index in [-0.39, 0.29) is 12.2 Å². The zero-order chi connectivity index (χ0) is 17.6. The number of rotatable bonds is 5. The number of benzene rings is 2. The molecule has 25 heavy (non-hydrogen) atoms. The number of nitriles is 1. The Bertz CT molecular complexity index is 962. The van der Waals surface area contributed by atoms with E-state index in [2.05, 4.69) is 16.7 Å². The van der Waals surface area contributed by atoms with Crippen LogP contribution in [0.15, 0.2) is 66.4 Å². The van der Waals surface area contributed by atoms with E-state index >= 15 is 0 Å². The monoisotopic (exact) mass is 330 g/mol. The molecule has 1 heterocycles. The lowest BCUT2D eigenvalue weighted by atomic mass is 10.1. The van der Waals surface area contributed by atoms with Crippen LogP contribution in [0.2, 0.25) is 0 Å². The lowest BCUT2D eigenvalue weighted by molar-refractivity contribution is -0.137. The first kappa shape index (κ1) is 16.5. The third-order valence-corrected chi connectivity index (χ3v) is 3.93. The first-order valence-corrected chi connectivity index (χ1v) is 8.13. The Morgan fingerprint density at radius 2 is 1.88 bits per heavy atom. The quantitative estimate of drug-likeness (QED) is 0.401. The van der Waals surface area contributed by atoms with Crippen molar-refractivity contribution in [1.82, 2.24) is 4.57 Å². The molecule has 0 amide bonds. The highest BCUT2D eigenvalue weighted by molar-refractivity contribution is 6.01.